The molecule has 2 heterocycles. The van der Waals surface area contributed by atoms with E-state index in [9.17, 15) is 0 Å². The number of hydrogen-bond acceptors (Lipinski definition) is 4. The first-order valence-electron chi connectivity index (χ1n) is 6.91. The zero-order valence-corrected chi connectivity index (χ0v) is 12.8. The highest BCUT2D eigenvalue weighted by atomic mass is 35.5. The van der Waals surface area contributed by atoms with Gasteiger partial charge in [0.2, 0.25) is 0 Å². The van der Waals surface area contributed by atoms with Crippen molar-refractivity contribution in [2.24, 2.45) is 0 Å². The minimum Gasteiger partial charge on any atom is -0.314 e. The summed E-state index contributed by atoms with van der Waals surface area (Å²) in [6, 6.07) is 8.64. The van der Waals surface area contributed by atoms with Crippen LogP contribution in [0.1, 0.15) is 18.3 Å². The lowest BCUT2D eigenvalue weighted by Crippen LogP contribution is -2.49. The molecule has 20 heavy (non-hydrogen) atoms. The van der Waals surface area contributed by atoms with Crippen LogP contribution in [-0.2, 0) is 6.54 Å². The molecule has 108 valence electrons. The highest BCUT2D eigenvalue weighted by molar-refractivity contribution is 5.85. The van der Waals surface area contributed by atoms with Crippen LogP contribution in [0.15, 0.2) is 24.3 Å². The summed E-state index contributed by atoms with van der Waals surface area (Å²) in [6.45, 7) is 8.41. The molecule has 1 aromatic heterocycles. The lowest BCUT2D eigenvalue weighted by molar-refractivity contribution is 0.163. The number of fused-ring (bicyclic) bond motifs is 1. The number of piperazine rings is 1. The molecular formula is C15H21ClN4. The Morgan fingerprint density at radius 3 is 2.65 bits per heavy atom. The van der Waals surface area contributed by atoms with Gasteiger partial charge < -0.3 is 5.32 Å². The third-order valence-corrected chi connectivity index (χ3v) is 3.83. The molecule has 1 fully saturated rings. The van der Waals surface area contributed by atoms with E-state index in [1.807, 2.05) is 24.3 Å². The molecule has 0 aliphatic carbocycles. The Bertz CT molecular complexity index is 587. The number of aryl methyl sites for hydroxylation is 1. The second-order valence-electron chi connectivity index (χ2n) is 5.27. The molecule has 2 aromatic rings. The van der Waals surface area contributed by atoms with Crippen LogP contribution in [0.5, 0.6) is 0 Å². The van der Waals surface area contributed by atoms with Crippen molar-refractivity contribution in [3.05, 3.63) is 35.7 Å². The van der Waals surface area contributed by atoms with E-state index in [0.717, 1.165) is 48.6 Å². The van der Waals surface area contributed by atoms with Crippen molar-refractivity contribution in [3.63, 3.8) is 0 Å². The Balaban J connectivity index is 0.00000147. The number of para-hydroxylation sites is 2. The molecule has 1 N–H and O–H groups in total. The number of nitrogens with one attached hydrogen (secondary N) is 1. The number of benzene rings is 1. The summed E-state index contributed by atoms with van der Waals surface area (Å²) < 4.78 is 0. The SMILES string of the molecule is Cc1nc2ccccc2nc1CN1CCNC[C@H]1C.Cl. The number of rotatable bonds is 2. The Kier molecular flexibility index (Phi) is 4.91. The fourth-order valence-electron chi connectivity index (χ4n) is 2.58. The van der Waals surface area contributed by atoms with Crippen molar-refractivity contribution in [1.82, 2.24) is 20.2 Å². The van der Waals surface area contributed by atoms with Gasteiger partial charge in [0.1, 0.15) is 0 Å². The molecule has 3 rings (SSSR count). The zero-order valence-electron chi connectivity index (χ0n) is 12.0. The molecule has 0 radical (unpaired) electrons. The molecule has 1 aromatic carbocycles. The van der Waals surface area contributed by atoms with Crippen LogP contribution in [0.3, 0.4) is 0 Å². The first-order chi connectivity index (χ1) is 9.24. The molecule has 0 amide bonds. The molecule has 1 aliphatic rings. The fraction of sp³-hybridized carbons (Fsp3) is 0.467. The van der Waals surface area contributed by atoms with Gasteiger partial charge in [-0.1, -0.05) is 12.1 Å². The van der Waals surface area contributed by atoms with E-state index in [-0.39, 0.29) is 12.4 Å². The number of halogens is 1. The first-order valence-corrected chi connectivity index (χ1v) is 6.91. The van der Waals surface area contributed by atoms with Crippen LogP contribution >= 0.6 is 12.4 Å². The molecule has 0 bridgehead atoms. The van der Waals surface area contributed by atoms with Crippen LogP contribution in [0, 0.1) is 6.92 Å². The average molecular weight is 293 g/mol. The van der Waals surface area contributed by atoms with Gasteiger partial charge in [0.25, 0.3) is 0 Å². The topological polar surface area (TPSA) is 41.1 Å². The van der Waals surface area contributed by atoms with Gasteiger partial charge in [0.15, 0.2) is 0 Å². The van der Waals surface area contributed by atoms with Crippen molar-refractivity contribution in [2.45, 2.75) is 26.4 Å². The van der Waals surface area contributed by atoms with Gasteiger partial charge in [-0.25, -0.2) is 9.97 Å². The molecule has 1 aliphatic heterocycles. The number of nitrogens with zero attached hydrogens (tertiary/aromatic N) is 3. The molecule has 0 spiro atoms. The maximum atomic E-state index is 4.78. The van der Waals surface area contributed by atoms with Crippen molar-refractivity contribution in [2.75, 3.05) is 19.6 Å². The summed E-state index contributed by atoms with van der Waals surface area (Å²) in [7, 11) is 0. The molecule has 4 nitrogen and oxygen atoms in total. The van der Waals surface area contributed by atoms with Crippen LogP contribution < -0.4 is 5.32 Å². The Hall–Kier alpha value is -1.23. The second kappa shape index (κ2) is 6.48. The fourth-order valence-corrected chi connectivity index (χ4v) is 2.58. The summed E-state index contributed by atoms with van der Waals surface area (Å²) in [4.78, 5) is 11.9. The van der Waals surface area contributed by atoms with Gasteiger partial charge >= 0.3 is 0 Å². The first kappa shape index (κ1) is 15.2. The van der Waals surface area contributed by atoms with E-state index in [2.05, 4.69) is 29.0 Å². The normalized spacial score (nSPS) is 19.8. The summed E-state index contributed by atoms with van der Waals surface area (Å²) in [5.41, 5.74) is 4.12. The van der Waals surface area contributed by atoms with Gasteiger partial charge in [0.05, 0.1) is 22.4 Å². The maximum absolute atomic E-state index is 4.78. The van der Waals surface area contributed by atoms with Gasteiger partial charge in [0, 0.05) is 32.2 Å². The van der Waals surface area contributed by atoms with E-state index in [1.165, 1.54) is 0 Å². The monoisotopic (exact) mass is 292 g/mol. The Morgan fingerprint density at radius 1 is 1.25 bits per heavy atom. The van der Waals surface area contributed by atoms with E-state index < -0.39 is 0 Å². The third kappa shape index (κ3) is 3.08. The molecule has 5 heteroatoms. The van der Waals surface area contributed by atoms with E-state index in [1.54, 1.807) is 0 Å². The lowest BCUT2D eigenvalue weighted by Gasteiger charge is -2.33. The standard InChI is InChI=1S/C15H20N4.ClH/c1-11-9-16-7-8-19(11)10-15-12(2)17-13-5-3-4-6-14(13)18-15;/h3-6,11,16H,7-10H2,1-2H3;1H/t11-;/m1./s1. The van der Waals surface area contributed by atoms with Gasteiger partial charge in [-0.15, -0.1) is 12.4 Å². The average Bonchev–Trinajstić information content (AvgIpc) is 2.42. The van der Waals surface area contributed by atoms with E-state index in [4.69, 9.17) is 4.98 Å². The summed E-state index contributed by atoms with van der Waals surface area (Å²) >= 11 is 0. The quantitative estimate of drug-likeness (QED) is 0.921. The maximum Gasteiger partial charge on any atom is 0.0890 e. The van der Waals surface area contributed by atoms with E-state index >= 15 is 0 Å². The van der Waals surface area contributed by atoms with Crippen LogP contribution in [0.25, 0.3) is 11.0 Å². The highest BCUT2D eigenvalue weighted by Crippen LogP contribution is 2.15. The lowest BCUT2D eigenvalue weighted by atomic mass is 10.2. The highest BCUT2D eigenvalue weighted by Gasteiger charge is 2.19. The third-order valence-electron chi connectivity index (χ3n) is 3.83. The zero-order chi connectivity index (χ0) is 13.2. The number of hydrogen-bond donors (Lipinski definition) is 1. The molecule has 1 atom stereocenters. The van der Waals surface area contributed by atoms with Gasteiger partial charge in [-0.3, -0.25) is 4.90 Å². The predicted octanol–water partition coefficient (Wildman–Crippen LogP) is 2.15. The Morgan fingerprint density at radius 2 is 1.95 bits per heavy atom. The van der Waals surface area contributed by atoms with Gasteiger partial charge in [-0.05, 0) is 26.0 Å². The van der Waals surface area contributed by atoms with Crippen molar-refractivity contribution < 1.29 is 0 Å². The molecule has 1 saturated heterocycles. The van der Waals surface area contributed by atoms with Gasteiger partial charge in [-0.2, -0.15) is 0 Å². The predicted molar refractivity (Wildman–Crippen MR) is 84.3 cm³/mol. The van der Waals surface area contributed by atoms with Crippen molar-refractivity contribution in [1.29, 1.82) is 0 Å². The molecule has 0 saturated carbocycles. The van der Waals surface area contributed by atoms with Crippen molar-refractivity contribution in [3.8, 4) is 0 Å². The van der Waals surface area contributed by atoms with Crippen LogP contribution in [-0.4, -0.2) is 40.5 Å². The van der Waals surface area contributed by atoms with E-state index in [0.29, 0.717) is 6.04 Å². The van der Waals surface area contributed by atoms with Crippen LogP contribution in [0.4, 0.5) is 0 Å². The van der Waals surface area contributed by atoms with Crippen molar-refractivity contribution >= 4 is 23.4 Å². The smallest absolute Gasteiger partial charge is 0.0890 e. The summed E-state index contributed by atoms with van der Waals surface area (Å²) in [5, 5.41) is 3.42. The number of aromatic nitrogens is 2. The largest absolute Gasteiger partial charge is 0.314 e. The Labute approximate surface area is 126 Å². The minimum atomic E-state index is 0. The summed E-state index contributed by atoms with van der Waals surface area (Å²) in [5.74, 6) is 0. The minimum absolute atomic E-state index is 0. The second-order valence-corrected chi connectivity index (χ2v) is 5.27. The van der Waals surface area contributed by atoms with Crippen LogP contribution in [0.2, 0.25) is 0 Å². The molecule has 0 unspecified atom stereocenters. The molecular weight excluding hydrogens is 272 g/mol. The summed E-state index contributed by atoms with van der Waals surface area (Å²) in [6.07, 6.45) is 0.